The van der Waals surface area contributed by atoms with Gasteiger partial charge in [0.05, 0.1) is 0 Å². The largest absolute Gasteiger partial charge is 0.0885 e. The Bertz CT molecular complexity index is 155. The van der Waals surface area contributed by atoms with Gasteiger partial charge in [0.2, 0.25) is 0 Å². The summed E-state index contributed by atoms with van der Waals surface area (Å²) >= 11 is 0. The minimum atomic E-state index is 0.887. The summed E-state index contributed by atoms with van der Waals surface area (Å²) in [7, 11) is 0. The Morgan fingerprint density at radius 3 is 1.76 bits per heavy atom. The third-order valence-electron chi connectivity index (χ3n) is 3.29. The second kappa shape index (κ2) is 13.8. The molecule has 0 fully saturated rings. The fourth-order valence-electron chi connectivity index (χ4n) is 2.09. The lowest BCUT2D eigenvalue weighted by molar-refractivity contribution is 0.521. The Morgan fingerprint density at radius 2 is 1.24 bits per heavy atom. The second-order valence-corrected chi connectivity index (χ2v) is 5.71. The molecule has 0 aliphatic rings. The smallest absolute Gasteiger partial charge is 0.0351 e. The first-order valence-corrected chi connectivity index (χ1v) is 7.92. The first kappa shape index (κ1) is 16.7. The van der Waals surface area contributed by atoms with Crippen LogP contribution in [0, 0.1) is 5.92 Å². The zero-order valence-electron chi connectivity index (χ0n) is 12.5. The fraction of sp³-hybridized carbons (Fsp3) is 0.882. The quantitative estimate of drug-likeness (QED) is 0.268. The van der Waals surface area contributed by atoms with E-state index in [2.05, 4.69) is 32.9 Å². The normalized spacial score (nSPS) is 11.8. The van der Waals surface area contributed by atoms with Gasteiger partial charge < -0.3 is 0 Å². The van der Waals surface area contributed by atoms with E-state index in [1.165, 1.54) is 70.6 Å². The maximum absolute atomic E-state index is 2.40. The van der Waals surface area contributed by atoms with E-state index in [-0.39, 0.29) is 0 Å². The Labute approximate surface area is 110 Å². The molecule has 0 aromatic heterocycles. The molecule has 0 bridgehead atoms. The lowest BCUT2D eigenvalue weighted by atomic mass is 10.0. The lowest BCUT2D eigenvalue weighted by Gasteiger charge is -2.03. The van der Waals surface area contributed by atoms with Gasteiger partial charge in [-0.15, -0.1) is 0 Å². The van der Waals surface area contributed by atoms with Crippen molar-refractivity contribution in [3.05, 3.63) is 12.2 Å². The van der Waals surface area contributed by atoms with Gasteiger partial charge in [0, 0.05) is 0 Å². The molecule has 0 nitrogen and oxygen atoms in total. The summed E-state index contributed by atoms with van der Waals surface area (Å²) in [6.45, 7) is 6.91. The van der Waals surface area contributed by atoms with Crippen molar-refractivity contribution in [1.29, 1.82) is 0 Å². The summed E-state index contributed by atoms with van der Waals surface area (Å²) < 4.78 is 0. The highest BCUT2D eigenvalue weighted by Gasteiger charge is 1.93. The molecule has 102 valence electrons. The average molecular weight is 238 g/mol. The summed E-state index contributed by atoms with van der Waals surface area (Å²) in [4.78, 5) is 0. The number of allylic oxidation sites excluding steroid dienone is 2. The van der Waals surface area contributed by atoms with Crippen LogP contribution in [0.1, 0.15) is 91.4 Å². The highest BCUT2D eigenvalue weighted by atomic mass is 14.0. The highest BCUT2D eigenvalue weighted by Crippen LogP contribution is 2.11. The van der Waals surface area contributed by atoms with Crippen LogP contribution in [-0.2, 0) is 0 Å². The van der Waals surface area contributed by atoms with Crippen molar-refractivity contribution >= 4 is 0 Å². The van der Waals surface area contributed by atoms with Crippen LogP contribution in [0.15, 0.2) is 12.2 Å². The van der Waals surface area contributed by atoms with E-state index in [9.17, 15) is 0 Å². The second-order valence-electron chi connectivity index (χ2n) is 5.71. The van der Waals surface area contributed by atoms with Gasteiger partial charge in [-0.3, -0.25) is 0 Å². The highest BCUT2D eigenvalue weighted by molar-refractivity contribution is 4.81. The molecule has 0 rings (SSSR count). The molecule has 0 saturated carbocycles. The lowest BCUT2D eigenvalue weighted by Crippen LogP contribution is -1.86. The molecule has 0 saturated heterocycles. The maximum Gasteiger partial charge on any atom is -0.0351 e. The molecule has 0 heteroatoms. The summed E-state index contributed by atoms with van der Waals surface area (Å²) in [5, 5.41) is 0. The molecular weight excluding hydrogens is 204 g/mol. The number of unbranched alkanes of at least 4 members (excludes halogenated alkanes) is 8. The number of hydrogen-bond donors (Lipinski definition) is 0. The van der Waals surface area contributed by atoms with Crippen molar-refractivity contribution in [2.24, 2.45) is 5.92 Å². The summed E-state index contributed by atoms with van der Waals surface area (Å²) in [5.74, 6) is 0.887. The topological polar surface area (TPSA) is 0 Å². The van der Waals surface area contributed by atoms with E-state index in [1.54, 1.807) is 0 Å². The van der Waals surface area contributed by atoms with E-state index >= 15 is 0 Å². The van der Waals surface area contributed by atoms with Gasteiger partial charge in [-0.2, -0.15) is 0 Å². The Morgan fingerprint density at radius 1 is 0.706 bits per heavy atom. The van der Waals surface area contributed by atoms with E-state index in [0.29, 0.717) is 0 Å². The van der Waals surface area contributed by atoms with Gasteiger partial charge in [-0.1, -0.05) is 77.9 Å². The molecule has 0 aliphatic carbocycles. The SMILES string of the molecule is CCCCCC/C=C\CCCCCCC(C)C. The molecule has 0 aromatic rings. The molecule has 17 heavy (non-hydrogen) atoms. The van der Waals surface area contributed by atoms with Crippen LogP contribution in [-0.4, -0.2) is 0 Å². The van der Waals surface area contributed by atoms with E-state index in [4.69, 9.17) is 0 Å². The zero-order valence-corrected chi connectivity index (χ0v) is 12.5. The predicted molar refractivity (Wildman–Crippen MR) is 80.4 cm³/mol. The van der Waals surface area contributed by atoms with Crippen molar-refractivity contribution in [1.82, 2.24) is 0 Å². The minimum absolute atomic E-state index is 0.887. The monoisotopic (exact) mass is 238 g/mol. The van der Waals surface area contributed by atoms with Crippen molar-refractivity contribution in [3.8, 4) is 0 Å². The van der Waals surface area contributed by atoms with Gasteiger partial charge in [0.25, 0.3) is 0 Å². The van der Waals surface area contributed by atoms with E-state index < -0.39 is 0 Å². The number of rotatable bonds is 12. The predicted octanol–water partition coefficient (Wildman–Crippen LogP) is 6.51. The Balaban J connectivity index is 3.04. The van der Waals surface area contributed by atoms with Gasteiger partial charge in [0.15, 0.2) is 0 Å². The van der Waals surface area contributed by atoms with Crippen LogP contribution in [0.3, 0.4) is 0 Å². The summed E-state index contributed by atoms with van der Waals surface area (Å²) in [5.41, 5.74) is 0. The standard InChI is InChI=1S/C17H34/c1-4-5-6-7-8-9-10-11-12-13-14-15-16-17(2)3/h9-10,17H,4-8,11-16H2,1-3H3/b10-9-. The first-order chi connectivity index (χ1) is 8.27. The average Bonchev–Trinajstić information content (AvgIpc) is 2.30. The minimum Gasteiger partial charge on any atom is -0.0885 e. The third-order valence-corrected chi connectivity index (χ3v) is 3.29. The summed E-state index contributed by atoms with van der Waals surface area (Å²) in [6.07, 6.45) is 20.0. The van der Waals surface area contributed by atoms with Crippen molar-refractivity contribution < 1.29 is 0 Å². The number of hydrogen-bond acceptors (Lipinski definition) is 0. The molecule has 0 N–H and O–H groups in total. The van der Waals surface area contributed by atoms with Crippen LogP contribution in [0.5, 0.6) is 0 Å². The molecule has 0 aromatic carbocycles. The molecule has 0 amide bonds. The fourth-order valence-corrected chi connectivity index (χ4v) is 2.09. The Kier molecular flexibility index (Phi) is 13.6. The van der Waals surface area contributed by atoms with E-state index in [0.717, 1.165) is 5.92 Å². The van der Waals surface area contributed by atoms with Crippen LogP contribution in [0.4, 0.5) is 0 Å². The van der Waals surface area contributed by atoms with Gasteiger partial charge in [-0.25, -0.2) is 0 Å². The third kappa shape index (κ3) is 15.7. The molecule has 0 spiro atoms. The van der Waals surface area contributed by atoms with Crippen molar-refractivity contribution in [3.63, 3.8) is 0 Å². The van der Waals surface area contributed by atoms with Crippen LogP contribution in [0.2, 0.25) is 0 Å². The summed E-state index contributed by atoms with van der Waals surface area (Å²) in [6, 6.07) is 0. The maximum atomic E-state index is 2.40. The molecule has 0 heterocycles. The first-order valence-electron chi connectivity index (χ1n) is 7.92. The van der Waals surface area contributed by atoms with Crippen LogP contribution < -0.4 is 0 Å². The van der Waals surface area contributed by atoms with Crippen LogP contribution >= 0.6 is 0 Å². The molecular formula is C17H34. The van der Waals surface area contributed by atoms with Gasteiger partial charge in [0.1, 0.15) is 0 Å². The van der Waals surface area contributed by atoms with E-state index in [1.807, 2.05) is 0 Å². The Hall–Kier alpha value is -0.260. The van der Waals surface area contributed by atoms with Gasteiger partial charge in [-0.05, 0) is 31.6 Å². The zero-order chi connectivity index (χ0) is 12.8. The molecule has 0 atom stereocenters. The molecule has 0 unspecified atom stereocenters. The molecule has 0 aliphatic heterocycles. The van der Waals surface area contributed by atoms with Gasteiger partial charge >= 0.3 is 0 Å². The van der Waals surface area contributed by atoms with Crippen molar-refractivity contribution in [2.75, 3.05) is 0 Å². The molecule has 0 radical (unpaired) electrons. The van der Waals surface area contributed by atoms with Crippen molar-refractivity contribution in [2.45, 2.75) is 91.4 Å². The van der Waals surface area contributed by atoms with Crippen LogP contribution in [0.25, 0.3) is 0 Å².